The Morgan fingerprint density at radius 2 is 2.04 bits per heavy atom. The van der Waals surface area contributed by atoms with E-state index in [4.69, 9.17) is 17.3 Å². The lowest BCUT2D eigenvalue weighted by Gasteiger charge is -2.28. The fraction of sp³-hybridized carbons (Fsp3) is 0.400. The van der Waals surface area contributed by atoms with Gasteiger partial charge in [0.25, 0.3) is 0 Å². The molecule has 1 fully saturated rings. The van der Waals surface area contributed by atoms with Crippen LogP contribution in [0.5, 0.6) is 0 Å². The number of nitrogens with one attached hydrogen (secondary N) is 1. The minimum Gasteiger partial charge on any atom is -0.464 e. The van der Waals surface area contributed by atoms with Gasteiger partial charge in [-0.15, -0.1) is 0 Å². The van der Waals surface area contributed by atoms with Crippen molar-refractivity contribution < 1.29 is 9.90 Å². The molecule has 10 nitrogen and oxygen atoms in total. The number of nitrogens with zero attached hydrogens (tertiary/aromatic N) is 5. The summed E-state index contributed by atoms with van der Waals surface area (Å²) in [6.45, 7) is 0. The lowest BCUT2D eigenvalue weighted by atomic mass is 9.85. The van der Waals surface area contributed by atoms with Gasteiger partial charge in [-0.25, -0.2) is 19.1 Å². The molecule has 1 aliphatic rings. The number of carbonyl (C=O) groups is 1. The second-order valence-electron chi connectivity index (χ2n) is 6.31. The number of aromatic amines is 1. The van der Waals surface area contributed by atoms with Crippen LogP contribution in [0.15, 0.2) is 17.2 Å². The van der Waals surface area contributed by atoms with Gasteiger partial charge in [-0.1, -0.05) is 11.6 Å². The summed E-state index contributed by atoms with van der Waals surface area (Å²) >= 11 is 6.04. The fourth-order valence-corrected chi connectivity index (χ4v) is 3.91. The first-order valence-corrected chi connectivity index (χ1v) is 8.53. The van der Waals surface area contributed by atoms with Crippen LogP contribution in [0.2, 0.25) is 5.15 Å². The Balaban J connectivity index is 1.62. The minimum atomic E-state index is -1.05. The Hall–Kier alpha value is -2.88. The van der Waals surface area contributed by atoms with Crippen molar-refractivity contribution in [2.75, 3.05) is 5.73 Å². The van der Waals surface area contributed by atoms with Crippen LogP contribution < -0.4 is 11.4 Å². The summed E-state index contributed by atoms with van der Waals surface area (Å²) in [5.74, 6) is 0.575. The number of carboxylic acid groups (broad SMARTS) is 1. The van der Waals surface area contributed by atoms with Gasteiger partial charge in [-0.3, -0.25) is 4.57 Å². The molecule has 3 aromatic rings. The average molecular weight is 378 g/mol. The molecule has 1 saturated carbocycles. The number of nitrogens with two attached hydrogens (primary N) is 1. The molecular weight excluding hydrogens is 362 g/mol. The monoisotopic (exact) mass is 377 g/mol. The quantitative estimate of drug-likeness (QED) is 0.579. The minimum absolute atomic E-state index is 0.00687. The van der Waals surface area contributed by atoms with Crippen molar-refractivity contribution in [3.05, 3.63) is 33.9 Å². The number of halogens is 1. The van der Waals surface area contributed by atoms with Crippen molar-refractivity contribution in [2.45, 2.75) is 37.6 Å². The molecule has 136 valence electrons. The predicted octanol–water partition coefficient (Wildman–Crippen LogP) is 1.98. The summed E-state index contributed by atoms with van der Waals surface area (Å²) in [4.78, 5) is 38.6. The van der Waals surface area contributed by atoms with E-state index >= 15 is 0 Å². The number of aromatic nitrogens is 6. The summed E-state index contributed by atoms with van der Waals surface area (Å²) in [6.07, 6.45) is 4.67. The number of anilines is 1. The highest BCUT2D eigenvalue weighted by Crippen LogP contribution is 2.38. The molecule has 0 radical (unpaired) electrons. The largest absolute Gasteiger partial charge is 0.464 e. The van der Waals surface area contributed by atoms with Gasteiger partial charge >= 0.3 is 11.8 Å². The Morgan fingerprint density at radius 3 is 2.73 bits per heavy atom. The Bertz CT molecular complexity index is 1050. The van der Waals surface area contributed by atoms with Gasteiger partial charge in [-0.05, 0) is 25.7 Å². The highest BCUT2D eigenvalue weighted by molar-refractivity contribution is 6.33. The van der Waals surface area contributed by atoms with Gasteiger partial charge in [-0.2, -0.15) is 9.97 Å². The zero-order chi connectivity index (χ0) is 18.4. The Labute approximate surface area is 151 Å². The third-order valence-electron chi connectivity index (χ3n) is 4.84. The average Bonchev–Trinajstić information content (AvgIpc) is 3.20. The van der Waals surface area contributed by atoms with E-state index in [1.807, 2.05) is 0 Å². The predicted molar refractivity (Wildman–Crippen MR) is 93.5 cm³/mol. The number of nitrogen functional groups attached to an aromatic ring is 1. The normalized spacial score (nSPS) is 20.5. The van der Waals surface area contributed by atoms with Crippen molar-refractivity contribution in [1.82, 2.24) is 29.1 Å². The maximum atomic E-state index is 12.4. The van der Waals surface area contributed by atoms with Crippen LogP contribution in [-0.2, 0) is 0 Å². The molecule has 4 N–H and O–H groups in total. The molecule has 3 aromatic heterocycles. The van der Waals surface area contributed by atoms with E-state index in [0.717, 1.165) is 4.57 Å². The molecule has 0 spiro atoms. The first kappa shape index (κ1) is 16.6. The molecule has 0 saturated heterocycles. The second kappa shape index (κ2) is 6.13. The maximum Gasteiger partial charge on any atom is 0.417 e. The van der Waals surface area contributed by atoms with E-state index in [1.54, 1.807) is 4.57 Å². The second-order valence-corrected chi connectivity index (χ2v) is 6.67. The number of imidazole rings is 2. The van der Waals surface area contributed by atoms with Gasteiger partial charge in [0.05, 0.1) is 0 Å². The van der Waals surface area contributed by atoms with Crippen LogP contribution in [0, 0.1) is 0 Å². The van der Waals surface area contributed by atoms with Crippen molar-refractivity contribution in [3.8, 4) is 0 Å². The van der Waals surface area contributed by atoms with Crippen LogP contribution in [-0.4, -0.2) is 40.3 Å². The summed E-state index contributed by atoms with van der Waals surface area (Å²) in [6, 6.07) is -0.0777. The van der Waals surface area contributed by atoms with Gasteiger partial charge < -0.3 is 15.8 Å². The van der Waals surface area contributed by atoms with E-state index in [9.17, 15) is 14.7 Å². The van der Waals surface area contributed by atoms with Crippen LogP contribution in [0.4, 0.5) is 10.7 Å². The van der Waals surface area contributed by atoms with E-state index in [0.29, 0.717) is 42.7 Å². The summed E-state index contributed by atoms with van der Waals surface area (Å²) in [7, 11) is 0. The third-order valence-corrected chi connectivity index (χ3v) is 5.12. The Morgan fingerprint density at radius 1 is 1.31 bits per heavy atom. The summed E-state index contributed by atoms with van der Waals surface area (Å²) in [5, 5.41) is 9.34. The van der Waals surface area contributed by atoms with E-state index in [-0.39, 0.29) is 28.8 Å². The number of fused-ring (bicyclic) bond motifs is 1. The third kappa shape index (κ3) is 2.62. The van der Waals surface area contributed by atoms with E-state index in [2.05, 4.69) is 19.9 Å². The smallest absolute Gasteiger partial charge is 0.417 e. The van der Waals surface area contributed by atoms with Crippen molar-refractivity contribution in [3.63, 3.8) is 0 Å². The molecule has 0 amide bonds. The van der Waals surface area contributed by atoms with Crippen LogP contribution in [0.1, 0.15) is 43.5 Å². The number of rotatable bonds is 2. The summed E-state index contributed by atoms with van der Waals surface area (Å²) < 4.78 is 2.72. The lowest BCUT2D eigenvalue weighted by molar-refractivity contribution is 0.194. The first-order chi connectivity index (χ1) is 12.5. The number of hydrogen-bond acceptors (Lipinski definition) is 6. The lowest BCUT2D eigenvalue weighted by Crippen LogP contribution is -2.27. The standard InChI is InChI=1S/C15H16ClN7O3/c16-10-9-12(21-13(17)20-10)23(14(24)19-9)8-3-1-7(2-4-8)11-18-5-6-22(11)15(25)26/h5-8H,1-4H2,(H,19,24)(H,25,26)(H2,17,20,21). The molecule has 11 heteroatoms. The number of H-pyrrole nitrogens is 1. The van der Waals surface area contributed by atoms with Crippen LogP contribution in [0.25, 0.3) is 11.2 Å². The van der Waals surface area contributed by atoms with Crippen molar-refractivity contribution in [1.29, 1.82) is 0 Å². The highest BCUT2D eigenvalue weighted by Gasteiger charge is 2.29. The van der Waals surface area contributed by atoms with Gasteiger partial charge in [0.2, 0.25) is 5.95 Å². The zero-order valence-corrected chi connectivity index (χ0v) is 14.3. The topological polar surface area (TPSA) is 145 Å². The summed E-state index contributed by atoms with van der Waals surface area (Å²) in [5.41, 5.74) is 6.11. The van der Waals surface area contributed by atoms with Crippen LogP contribution in [0.3, 0.4) is 0 Å². The number of hydrogen-bond donors (Lipinski definition) is 3. The molecular formula is C15H16ClN7O3. The van der Waals surface area contributed by atoms with Crippen molar-refractivity contribution in [2.24, 2.45) is 0 Å². The van der Waals surface area contributed by atoms with Crippen molar-refractivity contribution >= 4 is 34.8 Å². The molecule has 0 unspecified atom stereocenters. The Kier molecular flexibility index (Phi) is 3.91. The molecule has 0 aromatic carbocycles. The molecule has 0 atom stereocenters. The molecule has 0 aliphatic heterocycles. The highest BCUT2D eigenvalue weighted by atomic mass is 35.5. The first-order valence-electron chi connectivity index (χ1n) is 8.15. The van der Waals surface area contributed by atoms with Gasteiger partial charge in [0.1, 0.15) is 11.3 Å². The molecule has 3 heterocycles. The van der Waals surface area contributed by atoms with E-state index in [1.165, 1.54) is 12.4 Å². The van der Waals surface area contributed by atoms with Crippen LogP contribution >= 0.6 is 11.6 Å². The van der Waals surface area contributed by atoms with Gasteiger partial charge in [0.15, 0.2) is 10.8 Å². The molecule has 1 aliphatic carbocycles. The van der Waals surface area contributed by atoms with E-state index < -0.39 is 6.09 Å². The zero-order valence-electron chi connectivity index (χ0n) is 13.6. The molecule has 26 heavy (non-hydrogen) atoms. The fourth-order valence-electron chi connectivity index (χ4n) is 3.69. The van der Waals surface area contributed by atoms with Gasteiger partial charge in [0, 0.05) is 24.4 Å². The molecule has 0 bridgehead atoms. The molecule has 4 rings (SSSR count). The maximum absolute atomic E-state index is 12.4. The SMILES string of the molecule is Nc1nc(Cl)c2[nH]c(=O)n(C3CCC(c4nccn4C(=O)O)CC3)c2n1.